The van der Waals surface area contributed by atoms with Gasteiger partial charge in [-0.05, 0) is 49.7 Å². The number of nitrogens with one attached hydrogen (secondary N) is 2. The zero-order valence-corrected chi connectivity index (χ0v) is 16.9. The zero-order chi connectivity index (χ0) is 20.3. The quantitative estimate of drug-likeness (QED) is 0.600. The minimum absolute atomic E-state index is 0.344. The molecule has 2 amide bonds. The van der Waals surface area contributed by atoms with Crippen molar-refractivity contribution in [1.82, 2.24) is 9.88 Å². The summed E-state index contributed by atoms with van der Waals surface area (Å²) in [7, 11) is 0. The van der Waals surface area contributed by atoms with Gasteiger partial charge in [0.1, 0.15) is 5.75 Å². The number of aryl methyl sites for hydroxylation is 1. The van der Waals surface area contributed by atoms with Crippen molar-refractivity contribution < 1.29 is 14.3 Å². The van der Waals surface area contributed by atoms with Gasteiger partial charge in [-0.3, -0.25) is 9.59 Å². The van der Waals surface area contributed by atoms with E-state index in [4.69, 9.17) is 16.3 Å². The molecule has 7 heteroatoms. The monoisotopic (exact) mass is 409 g/mol. The Hall–Kier alpha value is -2.99. The average Bonchev–Trinajstić information content (AvgIpc) is 3.05. The van der Waals surface area contributed by atoms with E-state index in [0.717, 1.165) is 27.7 Å². The molecular formula is C22H20ClN3O3. The largest absolute Gasteiger partial charge is 0.466 e. The standard InChI is InChI=1S/C22H20ClN3O3/c1-12-3-6-19-18(9-12)25-20(27)22(2,29-19)21(28)26-8-7-17-15(11-26)14-10-13(23)4-5-16(14)24-17/h3-6,9-10,24H,7-8,11H2,1-2H3,(H,25,27). The third-order valence-corrected chi connectivity index (χ3v) is 6.00. The summed E-state index contributed by atoms with van der Waals surface area (Å²) < 4.78 is 5.95. The molecule has 0 radical (unpaired) electrons. The number of carbonyl (C=O) groups excluding carboxylic acids is 2. The Morgan fingerprint density at radius 3 is 2.90 bits per heavy atom. The zero-order valence-electron chi connectivity index (χ0n) is 16.1. The SMILES string of the molecule is Cc1ccc2c(c1)NC(=O)C(C)(C(=O)N1CCc3[nH]c4ccc(Cl)cc4c3C1)O2. The maximum absolute atomic E-state index is 13.4. The van der Waals surface area contributed by atoms with Crippen LogP contribution in [0.4, 0.5) is 5.69 Å². The van der Waals surface area contributed by atoms with Crippen molar-refractivity contribution in [3.63, 3.8) is 0 Å². The first-order valence-corrected chi connectivity index (χ1v) is 9.92. The van der Waals surface area contributed by atoms with E-state index in [-0.39, 0.29) is 5.91 Å². The summed E-state index contributed by atoms with van der Waals surface area (Å²) >= 11 is 6.17. The fourth-order valence-corrected chi connectivity index (χ4v) is 4.31. The van der Waals surface area contributed by atoms with E-state index in [1.165, 1.54) is 6.92 Å². The van der Waals surface area contributed by atoms with Gasteiger partial charge in [0.05, 0.1) is 5.69 Å². The van der Waals surface area contributed by atoms with E-state index in [0.29, 0.717) is 36.0 Å². The number of benzene rings is 2. The molecule has 3 aromatic rings. The summed E-state index contributed by atoms with van der Waals surface area (Å²) in [5, 5.41) is 4.48. The number of halogens is 1. The Morgan fingerprint density at radius 1 is 1.24 bits per heavy atom. The van der Waals surface area contributed by atoms with Crippen LogP contribution in [-0.4, -0.2) is 33.8 Å². The number of aromatic nitrogens is 1. The second-order valence-corrected chi connectivity index (χ2v) is 8.27. The molecule has 2 aliphatic rings. The van der Waals surface area contributed by atoms with Gasteiger partial charge < -0.3 is 19.9 Å². The molecule has 1 aromatic heterocycles. The number of carbonyl (C=O) groups is 2. The summed E-state index contributed by atoms with van der Waals surface area (Å²) in [6.07, 6.45) is 0.681. The number of hydrogen-bond donors (Lipinski definition) is 2. The minimum atomic E-state index is -1.61. The third kappa shape index (κ3) is 2.78. The molecule has 5 rings (SSSR count). The predicted octanol–water partition coefficient (Wildman–Crippen LogP) is 3.80. The van der Waals surface area contributed by atoms with E-state index < -0.39 is 11.5 Å². The van der Waals surface area contributed by atoms with Crippen LogP contribution in [0, 0.1) is 6.92 Å². The van der Waals surface area contributed by atoms with Gasteiger partial charge >= 0.3 is 0 Å². The molecule has 0 aliphatic carbocycles. The number of nitrogens with zero attached hydrogens (tertiary/aromatic N) is 1. The lowest BCUT2D eigenvalue weighted by atomic mass is 9.97. The molecule has 0 saturated carbocycles. The lowest BCUT2D eigenvalue weighted by molar-refractivity contribution is -0.155. The highest BCUT2D eigenvalue weighted by atomic mass is 35.5. The predicted molar refractivity (Wildman–Crippen MR) is 111 cm³/mol. The van der Waals surface area contributed by atoms with Crippen molar-refractivity contribution in [3.05, 3.63) is 58.2 Å². The number of hydrogen-bond acceptors (Lipinski definition) is 3. The molecule has 0 bridgehead atoms. The van der Waals surface area contributed by atoms with E-state index in [1.807, 2.05) is 37.3 Å². The number of aromatic amines is 1. The van der Waals surface area contributed by atoms with Crippen LogP contribution in [0.25, 0.3) is 10.9 Å². The second-order valence-electron chi connectivity index (χ2n) is 7.84. The van der Waals surface area contributed by atoms with Crippen molar-refractivity contribution >= 4 is 40.0 Å². The fourth-order valence-electron chi connectivity index (χ4n) is 4.14. The van der Waals surface area contributed by atoms with Crippen molar-refractivity contribution in [2.24, 2.45) is 0 Å². The Morgan fingerprint density at radius 2 is 2.07 bits per heavy atom. The van der Waals surface area contributed by atoms with Gasteiger partial charge in [-0.1, -0.05) is 17.7 Å². The summed E-state index contributed by atoms with van der Waals surface area (Å²) in [6.45, 7) is 4.39. The van der Waals surface area contributed by atoms with Gasteiger partial charge in [0.2, 0.25) is 0 Å². The second kappa shape index (κ2) is 6.26. The van der Waals surface area contributed by atoms with Gasteiger partial charge in [-0.15, -0.1) is 0 Å². The van der Waals surface area contributed by atoms with Gasteiger partial charge in [0.15, 0.2) is 0 Å². The van der Waals surface area contributed by atoms with Crippen molar-refractivity contribution in [2.45, 2.75) is 32.4 Å². The van der Waals surface area contributed by atoms with Crippen LogP contribution < -0.4 is 10.1 Å². The number of amides is 2. The molecule has 6 nitrogen and oxygen atoms in total. The lowest BCUT2D eigenvalue weighted by Crippen LogP contribution is -2.60. The van der Waals surface area contributed by atoms with Crippen LogP contribution in [0.2, 0.25) is 5.02 Å². The highest BCUT2D eigenvalue weighted by molar-refractivity contribution is 6.31. The highest BCUT2D eigenvalue weighted by Crippen LogP contribution is 2.36. The molecule has 0 spiro atoms. The number of rotatable bonds is 1. The van der Waals surface area contributed by atoms with Crippen LogP contribution in [0.1, 0.15) is 23.7 Å². The Bertz CT molecular complexity index is 1190. The lowest BCUT2D eigenvalue weighted by Gasteiger charge is -2.38. The van der Waals surface area contributed by atoms with Crippen LogP contribution >= 0.6 is 11.6 Å². The molecule has 2 aromatic carbocycles. The fraction of sp³-hybridized carbons (Fsp3) is 0.273. The Kier molecular flexibility index (Phi) is 3.90. The molecule has 1 unspecified atom stereocenters. The Balaban J connectivity index is 1.47. The number of ether oxygens (including phenoxy) is 1. The first kappa shape index (κ1) is 18.1. The maximum Gasteiger partial charge on any atom is 0.278 e. The molecular weight excluding hydrogens is 390 g/mol. The van der Waals surface area contributed by atoms with Gasteiger partial charge in [-0.2, -0.15) is 0 Å². The highest BCUT2D eigenvalue weighted by Gasteiger charge is 2.49. The van der Waals surface area contributed by atoms with Crippen LogP contribution in [0.5, 0.6) is 5.75 Å². The molecule has 2 N–H and O–H groups in total. The summed E-state index contributed by atoms with van der Waals surface area (Å²) in [5.41, 5.74) is 3.13. The Labute approximate surface area is 172 Å². The van der Waals surface area contributed by atoms with Crippen molar-refractivity contribution in [3.8, 4) is 5.75 Å². The molecule has 1 atom stereocenters. The van der Waals surface area contributed by atoms with Crippen LogP contribution in [-0.2, 0) is 22.6 Å². The number of H-pyrrole nitrogens is 1. The molecule has 0 fully saturated rings. The summed E-state index contributed by atoms with van der Waals surface area (Å²) in [5.74, 6) is -0.292. The first-order chi connectivity index (χ1) is 13.8. The van der Waals surface area contributed by atoms with E-state index in [9.17, 15) is 9.59 Å². The van der Waals surface area contributed by atoms with Gasteiger partial charge in [0.25, 0.3) is 17.4 Å². The minimum Gasteiger partial charge on any atom is -0.466 e. The molecule has 3 heterocycles. The normalized spacial score (nSPS) is 20.7. The summed E-state index contributed by atoms with van der Waals surface area (Å²) in [6, 6.07) is 11.2. The average molecular weight is 410 g/mol. The van der Waals surface area contributed by atoms with Crippen molar-refractivity contribution in [2.75, 3.05) is 11.9 Å². The van der Waals surface area contributed by atoms with E-state index >= 15 is 0 Å². The topological polar surface area (TPSA) is 74.4 Å². The van der Waals surface area contributed by atoms with Gasteiger partial charge in [0, 0.05) is 46.7 Å². The number of fused-ring (bicyclic) bond motifs is 4. The molecule has 148 valence electrons. The number of anilines is 1. The summed E-state index contributed by atoms with van der Waals surface area (Å²) in [4.78, 5) is 31.3. The third-order valence-electron chi connectivity index (χ3n) is 5.76. The molecule has 2 aliphatic heterocycles. The van der Waals surface area contributed by atoms with Gasteiger partial charge in [-0.25, -0.2) is 0 Å². The molecule has 0 saturated heterocycles. The van der Waals surface area contributed by atoms with Crippen LogP contribution in [0.15, 0.2) is 36.4 Å². The smallest absolute Gasteiger partial charge is 0.278 e. The molecule has 29 heavy (non-hydrogen) atoms. The van der Waals surface area contributed by atoms with E-state index in [1.54, 1.807) is 11.0 Å². The maximum atomic E-state index is 13.4. The van der Waals surface area contributed by atoms with Crippen LogP contribution in [0.3, 0.4) is 0 Å². The van der Waals surface area contributed by atoms with E-state index in [2.05, 4.69) is 10.3 Å². The first-order valence-electron chi connectivity index (χ1n) is 9.54. The van der Waals surface area contributed by atoms with Crippen molar-refractivity contribution in [1.29, 1.82) is 0 Å².